The molecule has 0 aliphatic carbocycles. The molecule has 0 aromatic heterocycles. The third-order valence-corrected chi connectivity index (χ3v) is 3.37. The third kappa shape index (κ3) is 3.95. The van der Waals surface area contributed by atoms with Crippen molar-refractivity contribution in [3.8, 4) is 0 Å². The van der Waals surface area contributed by atoms with Gasteiger partial charge in [0.1, 0.15) is 11.7 Å². The SMILES string of the molecule is CN(c1ccccc1)c1ccc(CNC(=O)CCl)cc1F. The smallest absolute Gasteiger partial charge is 0.235 e. The number of carbonyl (C=O) groups is 1. The fourth-order valence-electron chi connectivity index (χ4n) is 1.97. The zero-order chi connectivity index (χ0) is 15.2. The van der Waals surface area contributed by atoms with E-state index in [0.717, 1.165) is 5.69 Å². The largest absolute Gasteiger partial charge is 0.351 e. The number of alkyl halides is 1. The third-order valence-electron chi connectivity index (χ3n) is 3.13. The summed E-state index contributed by atoms with van der Waals surface area (Å²) in [6.07, 6.45) is 0. The maximum Gasteiger partial charge on any atom is 0.235 e. The average Bonchev–Trinajstić information content (AvgIpc) is 2.53. The number of carbonyl (C=O) groups excluding carboxylic acids is 1. The van der Waals surface area contributed by atoms with Gasteiger partial charge in [0, 0.05) is 19.3 Å². The van der Waals surface area contributed by atoms with Gasteiger partial charge in [0.15, 0.2) is 0 Å². The van der Waals surface area contributed by atoms with Crippen LogP contribution in [0.15, 0.2) is 48.5 Å². The number of rotatable bonds is 5. The molecule has 0 heterocycles. The van der Waals surface area contributed by atoms with Crippen LogP contribution in [-0.4, -0.2) is 18.8 Å². The molecule has 0 saturated heterocycles. The van der Waals surface area contributed by atoms with Gasteiger partial charge in [-0.2, -0.15) is 0 Å². The summed E-state index contributed by atoms with van der Waals surface area (Å²) < 4.78 is 14.2. The first-order valence-corrected chi connectivity index (χ1v) is 7.05. The van der Waals surface area contributed by atoms with Crippen molar-refractivity contribution in [1.29, 1.82) is 0 Å². The highest BCUT2D eigenvalue weighted by molar-refractivity contribution is 6.27. The van der Waals surface area contributed by atoms with Gasteiger partial charge in [0.2, 0.25) is 5.91 Å². The number of hydrogen-bond acceptors (Lipinski definition) is 2. The Kier molecular flexibility index (Phi) is 5.17. The number of nitrogens with one attached hydrogen (secondary N) is 1. The Morgan fingerprint density at radius 1 is 1.24 bits per heavy atom. The molecule has 2 aromatic rings. The van der Waals surface area contributed by atoms with Crippen LogP contribution in [0.4, 0.5) is 15.8 Å². The monoisotopic (exact) mass is 306 g/mol. The number of hydrogen-bond donors (Lipinski definition) is 1. The second-order valence-electron chi connectivity index (χ2n) is 4.59. The molecule has 21 heavy (non-hydrogen) atoms. The summed E-state index contributed by atoms with van der Waals surface area (Å²) in [5.74, 6) is -0.710. The lowest BCUT2D eigenvalue weighted by Gasteiger charge is -2.20. The van der Waals surface area contributed by atoms with Crippen molar-refractivity contribution in [3.05, 3.63) is 59.9 Å². The Morgan fingerprint density at radius 2 is 1.95 bits per heavy atom. The molecule has 1 N–H and O–H groups in total. The predicted octanol–water partition coefficient (Wildman–Crippen LogP) is 3.45. The van der Waals surface area contributed by atoms with E-state index >= 15 is 0 Å². The van der Waals surface area contributed by atoms with Gasteiger partial charge in [-0.05, 0) is 29.8 Å². The summed E-state index contributed by atoms with van der Waals surface area (Å²) >= 11 is 5.39. The molecule has 0 saturated carbocycles. The first-order chi connectivity index (χ1) is 10.1. The predicted molar refractivity (Wildman–Crippen MR) is 83.5 cm³/mol. The van der Waals surface area contributed by atoms with Crippen LogP contribution in [0.1, 0.15) is 5.56 Å². The highest BCUT2D eigenvalue weighted by atomic mass is 35.5. The van der Waals surface area contributed by atoms with E-state index in [2.05, 4.69) is 5.32 Å². The first kappa shape index (κ1) is 15.3. The molecule has 2 rings (SSSR count). The Morgan fingerprint density at radius 3 is 2.57 bits per heavy atom. The standard InChI is InChI=1S/C16H16ClFN2O/c1-20(13-5-3-2-4-6-13)15-8-7-12(9-14(15)18)11-19-16(21)10-17/h2-9H,10-11H2,1H3,(H,19,21). The van der Waals surface area contributed by atoms with E-state index in [0.29, 0.717) is 11.3 Å². The molecule has 3 nitrogen and oxygen atoms in total. The molecule has 2 aromatic carbocycles. The first-order valence-electron chi connectivity index (χ1n) is 6.51. The van der Waals surface area contributed by atoms with Crippen LogP contribution in [0.3, 0.4) is 0 Å². The molecule has 0 spiro atoms. The van der Waals surface area contributed by atoms with Gasteiger partial charge >= 0.3 is 0 Å². The molecule has 0 aliphatic heterocycles. The van der Waals surface area contributed by atoms with Gasteiger partial charge in [0.25, 0.3) is 0 Å². The van der Waals surface area contributed by atoms with Crippen molar-refractivity contribution in [2.75, 3.05) is 17.8 Å². The van der Waals surface area contributed by atoms with Gasteiger partial charge in [-0.15, -0.1) is 11.6 Å². The summed E-state index contributed by atoms with van der Waals surface area (Å²) in [5.41, 5.74) is 2.07. The molecule has 1 amide bonds. The Bertz CT molecular complexity index is 619. The quantitative estimate of drug-likeness (QED) is 0.858. The fourth-order valence-corrected chi connectivity index (χ4v) is 2.07. The van der Waals surface area contributed by atoms with Crippen LogP contribution < -0.4 is 10.2 Å². The molecule has 0 unspecified atom stereocenters. The second-order valence-corrected chi connectivity index (χ2v) is 4.86. The number of anilines is 2. The lowest BCUT2D eigenvalue weighted by atomic mass is 10.1. The number of nitrogens with zero attached hydrogens (tertiary/aromatic N) is 1. The van der Waals surface area contributed by atoms with E-state index in [1.807, 2.05) is 37.4 Å². The topological polar surface area (TPSA) is 32.3 Å². The second kappa shape index (κ2) is 7.09. The van der Waals surface area contributed by atoms with Crippen molar-refractivity contribution in [3.63, 3.8) is 0 Å². The van der Waals surface area contributed by atoms with E-state index in [1.54, 1.807) is 17.0 Å². The van der Waals surface area contributed by atoms with Crippen LogP contribution in [0.2, 0.25) is 0 Å². The molecule has 0 atom stereocenters. The summed E-state index contributed by atoms with van der Waals surface area (Å²) in [6, 6.07) is 14.4. The Balaban J connectivity index is 2.14. The summed E-state index contributed by atoms with van der Waals surface area (Å²) in [7, 11) is 1.81. The number of halogens is 2. The minimum Gasteiger partial charge on any atom is -0.351 e. The highest BCUT2D eigenvalue weighted by Crippen LogP contribution is 2.26. The normalized spacial score (nSPS) is 10.2. The minimum atomic E-state index is -0.334. The zero-order valence-corrected chi connectivity index (χ0v) is 12.4. The van der Waals surface area contributed by atoms with E-state index in [4.69, 9.17) is 11.6 Å². The number of benzene rings is 2. The molecule has 0 radical (unpaired) electrons. The van der Waals surface area contributed by atoms with Crippen LogP contribution in [-0.2, 0) is 11.3 Å². The molecule has 0 bridgehead atoms. The van der Waals surface area contributed by atoms with Crippen LogP contribution in [0, 0.1) is 5.82 Å². The van der Waals surface area contributed by atoms with Crippen molar-refractivity contribution in [2.24, 2.45) is 0 Å². The van der Waals surface area contributed by atoms with E-state index in [-0.39, 0.29) is 24.1 Å². The molecular formula is C16H16ClFN2O. The average molecular weight is 307 g/mol. The zero-order valence-electron chi connectivity index (χ0n) is 11.6. The van der Waals surface area contributed by atoms with Crippen LogP contribution in [0.5, 0.6) is 0 Å². The maximum absolute atomic E-state index is 14.2. The minimum absolute atomic E-state index is 0.0999. The maximum atomic E-state index is 14.2. The highest BCUT2D eigenvalue weighted by Gasteiger charge is 2.10. The van der Waals surface area contributed by atoms with Crippen molar-refractivity contribution in [1.82, 2.24) is 5.32 Å². The van der Waals surface area contributed by atoms with E-state index < -0.39 is 0 Å². The van der Waals surface area contributed by atoms with Crippen molar-refractivity contribution < 1.29 is 9.18 Å². The Hall–Kier alpha value is -2.07. The summed E-state index contributed by atoms with van der Waals surface area (Å²) in [5, 5.41) is 2.61. The lowest BCUT2D eigenvalue weighted by molar-refractivity contribution is -0.118. The molecule has 5 heteroatoms. The van der Waals surface area contributed by atoms with Crippen LogP contribution in [0.25, 0.3) is 0 Å². The van der Waals surface area contributed by atoms with Crippen LogP contribution >= 0.6 is 11.6 Å². The van der Waals surface area contributed by atoms with E-state index in [1.165, 1.54) is 6.07 Å². The number of amides is 1. The van der Waals surface area contributed by atoms with Gasteiger partial charge in [-0.3, -0.25) is 4.79 Å². The molecule has 0 fully saturated rings. The van der Waals surface area contributed by atoms with E-state index in [9.17, 15) is 9.18 Å². The lowest BCUT2D eigenvalue weighted by Crippen LogP contribution is -2.23. The van der Waals surface area contributed by atoms with Gasteiger partial charge < -0.3 is 10.2 Å². The molecular weight excluding hydrogens is 291 g/mol. The van der Waals surface area contributed by atoms with Gasteiger partial charge in [-0.1, -0.05) is 24.3 Å². The summed E-state index contributed by atoms with van der Waals surface area (Å²) in [4.78, 5) is 12.9. The molecule has 0 aliphatic rings. The van der Waals surface area contributed by atoms with Crippen molar-refractivity contribution in [2.45, 2.75) is 6.54 Å². The van der Waals surface area contributed by atoms with Crippen molar-refractivity contribution >= 4 is 28.9 Å². The molecule has 110 valence electrons. The van der Waals surface area contributed by atoms with Gasteiger partial charge in [-0.25, -0.2) is 4.39 Å². The fraction of sp³-hybridized carbons (Fsp3) is 0.188. The van der Waals surface area contributed by atoms with Gasteiger partial charge in [0.05, 0.1) is 5.69 Å². The Labute approximate surface area is 128 Å². The number of para-hydroxylation sites is 1. The summed E-state index contributed by atoms with van der Waals surface area (Å²) in [6.45, 7) is 0.262.